The molecule has 0 aliphatic rings. The van der Waals surface area contributed by atoms with Gasteiger partial charge in [-0.15, -0.1) is 0 Å². The van der Waals surface area contributed by atoms with Crippen LogP contribution in [0, 0.1) is 6.92 Å². The number of para-hydroxylation sites is 1. The number of aromatic nitrogens is 1. The van der Waals surface area contributed by atoms with E-state index >= 15 is 0 Å². The number of hydrogen-bond donors (Lipinski definition) is 2. The molecule has 3 rings (SSSR count). The summed E-state index contributed by atoms with van der Waals surface area (Å²) in [7, 11) is 1.52. The SMILES string of the molecule is CCCOc1ccc(C(=O)NNC(=O)Cn2c(C)cc3ccccc32)cc1OC. The largest absolute Gasteiger partial charge is 0.493 e. The van der Waals surface area contributed by atoms with E-state index in [1.165, 1.54) is 7.11 Å². The minimum absolute atomic E-state index is 0.104. The Morgan fingerprint density at radius 3 is 2.59 bits per heavy atom. The summed E-state index contributed by atoms with van der Waals surface area (Å²) in [6.45, 7) is 4.62. The van der Waals surface area contributed by atoms with Crippen molar-refractivity contribution in [3.8, 4) is 11.5 Å². The molecule has 7 heteroatoms. The van der Waals surface area contributed by atoms with Gasteiger partial charge in [0.25, 0.3) is 11.8 Å². The van der Waals surface area contributed by atoms with Gasteiger partial charge in [0, 0.05) is 16.8 Å². The lowest BCUT2D eigenvalue weighted by Gasteiger charge is -2.13. The van der Waals surface area contributed by atoms with E-state index in [1.54, 1.807) is 18.2 Å². The lowest BCUT2D eigenvalue weighted by atomic mass is 10.2. The molecule has 0 aliphatic heterocycles. The standard InChI is InChI=1S/C22H25N3O4/c1-4-11-29-19-10-9-17(13-20(19)28-3)22(27)24-23-21(26)14-25-15(2)12-16-7-5-6-8-18(16)25/h5-10,12-13H,4,11,14H2,1-3H3,(H,23,26)(H,24,27). The van der Waals surface area contributed by atoms with Gasteiger partial charge in [0.05, 0.1) is 13.7 Å². The van der Waals surface area contributed by atoms with Crippen molar-refractivity contribution in [2.24, 2.45) is 0 Å². The number of carbonyl (C=O) groups excluding carboxylic acids is 2. The summed E-state index contributed by atoms with van der Waals surface area (Å²) in [5, 5.41) is 1.07. The Morgan fingerprint density at radius 2 is 1.83 bits per heavy atom. The van der Waals surface area contributed by atoms with Crippen molar-refractivity contribution in [2.75, 3.05) is 13.7 Å². The molecule has 2 aromatic carbocycles. The lowest BCUT2D eigenvalue weighted by molar-refractivity contribution is -0.122. The number of hydrogen-bond acceptors (Lipinski definition) is 4. The summed E-state index contributed by atoms with van der Waals surface area (Å²) in [5.41, 5.74) is 7.21. The number of methoxy groups -OCH3 is 1. The van der Waals surface area contributed by atoms with Gasteiger partial charge in [-0.05, 0) is 49.1 Å². The van der Waals surface area contributed by atoms with Gasteiger partial charge in [0.1, 0.15) is 6.54 Å². The van der Waals surface area contributed by atoms with E-state index < -0.39 is 5.91 Å². The Bertz CT molecular complexity index is 1030. The van der Waals surface area contributed by atoms with Crippen LogP contribution in [0.2, 0.25) is 0 Å². The molecule has 0 aliphatic carbocycles. The molecular weight excluding hydrogens is 370 g/mol. The van der Waals surface area contributed by atoms with Gasteiger partial charge >= 0.3 is 0 Å². The average molecular weight is 395 g/mol. The highest BCUT2D eigenvalue weighted by molar-refractivity contribution is 5.96. The summed E-state index contributed by atoms with van der Waals surface area (Å²) in [5.74, 6) is 0.280. The van der Waals surface area contributed by atoms with Crippen LogP contribution in [0.3, 0.4) is 0 Å². The second-order valence-electron chi connectivity index (χ2n) is 6.65. The van der Waals surface area contributed by atoms with E-state index in [0.717, 1.165) is 23.0 Å². The molecule has 0 atom stereocenters. The fourth-order valence-electron chi connectivity index (χ4n) is 3.08. The van der Waals surface area contributed by atoms with Crippen molar-refractivity contribution >= 4 is 22.7 Å². The molecule has 0 unspecified atom stereocenters. The molecule has 2 amide bonds. The number of aryl methyl sites for hydroxylation is 1. The van der Waals surface area contributed by atoms with E-state index in [-0.39, 0.29) is 12.5 Å². The maximum absolute atomic E-state index is 12.4. The van der Waals surface area contributed by atoms with Crippen molar-refractivity contribution in [3.05, 3.63) is 59.8 Å². The van der Waals surface area contributed by atoms with Crippen molar-refractivity contribution in [3.63, 3.8) is 0 Å². The van der Waals surface area contributed by atoms with Crippen molar-refractivity contribution in [1.82, 2.24) is 15.4 Å². The summed E-state index contributed by atoms with van der Waals surface area (Å²) in [4.78, 5) is 24.7. The van der Waals surface area contributed by atoms with E-state index in [1.807, 2.05) is 48.7 Å². The smallest absolute Gasteiger partial charge is 0.269 e. The molecule has 0 fully saturated rings. The third-order valence-electron chi connectivity index (χ3n) is 4.52. The summed E-state index contributed by atoms with van der Waals surface area (Å²) < 4.78 is 12.8. The van der Waals surface area contributed by atoms with Crippen LogP contribution >= 0.6 is 0 Å². The number of carbonyl (C=O) groups is 2. The van der Waals surface area contributed by atoms with Crippen molar-refractivity contribution < 1.29 is 19.1 Å². The molecule has 7 nitrogen and oxygen atoms in total. The third kappa shape index (κ3) is 4.68. The molecule has 1 heterocycles. The fraction of sp³-hybridized carbons (Fsp3) is 0.273. The molecule has 0 saturated carbocycles. The highest BCUT2D eigenvalue weighted by Gasteiger charge is 2.13. The predicted octanol–water partition coefficient (Wildman–Crippen LogP) is 3.21. The molecule has 1 aromatic heterocycles. The Hall–Kier alpha value is -3.48. The maximum atomic E-state index is 12.4. The van der Waals surface area contributed by atoms with E-state index in [2.05, 4.69) is 10.9 Å². The first kappa shape index (κ1) is 20.3. The number of amides is 2. The maximum Gasteiger partial charge on any atom is 0.269 e. The Morgan fingerprint density at radius 1 is 1.03 bits per heavy atom. The van der Waals surface area contributed by atoms with Crippen LogP contribution in [-0.4, -0.2) is 30.1 Å². The molecule has 0 radical (unpaired) electrons. The number of hydrazine groups is 1. The van der Waals surface area contributed by atoms with Crippen LogP contribution < -0.4 is 20.3 Å². The molecule has 29 heavy (non-hydrogen) atoms. The summed E-state index contributed by atoms with van der Waals surface area (Å²) in [6.07, 6.45) is 0.869. The van der Waals surface area contributed by atoms with Crippen LogP contribution in [0.4, 0.5) is 0 Å². The minimum atomic E-state index is -0.437. The van der Waals surface area contributed by atoms with Gasteiger partial charge in [-0.2, -0.15) is 0 Å². The minimum Gasteiger partial charge on any atom is -0.493 e. The van der Waals surface area contributed by atoms with Crippen LogP contribution in [0.5, 0.6) is 11.5 Å². The monoisotopic (exact) mass is 395 g/mol. The molecule has 0 spiro atoms. The highest BCUT2D eigenvalue weighted by Crippen LogP contribution is 2.28. The van der Waals surface area contributed by atoms with Gasteiger partial charge in [-0.3, -0.25) is 20.4 Å². The molecular formula is C22H25N3O4. The Balaban J connectivity index is 1.62. The number of ether oxygens (including phenoxy) is 2. The molecule has 3 aromatic rings. The normalized spacial score (nSPS) is 10.6. The van der Waals surface area contributed by atoms with Gasteiger partial charge < -0.3 is 14.0 Å². The first-order chi connectivity index (χ1) is 14.0. The van der Waals surface area contributed by atoms with E-state index in [4.69, 9.17) is 9.47 Å². The zero-order chi connectivity index (χ0) is 20.8. The zero-order valence-electron chi connectivity index (χ0n) is 16.8. The number of nitrogens with one attached hydrogen (secondary N) is 2. The summed E-state index contributed by atoms with van der Waals surface area (Å²) in [6, 6.07) is 14.8. The first-order valence-electron chi connectivity index (χ1n) is 9.48. The quantitative estimate of drug-likeness (QED) is 0.602. The lowest BCUT2D eigenvalue weighted by Crippen LogP contribution is -2.43. The Kier molecular flexibility index (Phi) is 6.39. The van der Waals surface area contributed by atoms with Gasteiger partial charge in [-0.1, -0.05) is 25.1 Å². The van der Waals surface area contributed by atoms with Crippen LogP contribution in [-0.2, 0) is 11.3 Å². The highest BCUT2D eigenvalue weighted by atomic mass is 16.5. The van der Waals surface area contributed by atoms with Crippen LogP contribution in [0.25, 0.3) is 10.9 Å². The zero-order valence-corrected chi connectivity index (χ0v) is 16.8. The molecule has 2 N–H and O–H groups in total. The van der Waals surface area contributed by atoms with E-state index in [9.17, 15) is 9.59 Å². The fourth-order valence-corrected chi connectivity index (χ4v) is 3.08. The van der Waals surface area contributed by atoms with Gasteiger partial charge in [-0.25, -0.2) is 0 Å². The topological polar surface area (TPSA) is 81.6 Å². The number of nitrogens with zero attached hydrogens (tertiary/aromatic N) is 1. The second-order valence-corrected chi connectivity index (χ2v) is 6.65. The average Bonchev–Trinajstić information content (AvgIpc) is 3.05. The number of fused-ring (bicyclic) bond motifs is 1. The van der Waals surface area contributed by atoms with E-state index in [0.29, 0.717) is 23.7 Å². The summed E-state index contributed by atoms with van der Waals surface area (Å²) >= 11 is 0. The third-order valence-corrected chi connectivity index (χ3v) is 4.52. The van der Waals surface area contributed by atoms with Gasteiger partial charge in [0.15, 0.2) is 11.5 Å². The number of benzene rings is 2. The molecule has 0 saturated heterocycles. The Labute approximate surface area is 169 Å². The van der Waals surface area contributed by atoms with Crippen molar-refractivity contribution in [1.29, 1.82) is 0 Å². The second kappa shape index (κ2) is 9.14. The van der Waals surface area contributed by atoms with Crippen molar-refractivity contribution in [2.45, 2.75) is 26.8 Å². The molecule has 152 valence electrons. The molecule has 0 bridgehead atoms. The predicted molar refractivity (Wildman–Crippen MR) is 111 cm³/mol. The number of rotatable bonds is 7. The van der Waals surface area contributed by atoms with Crippen LogP contribution in [0.15, 0.2) is 48.5 Å². The van der Waals surface area contributed by atoms with Crippen LogP contribution in [0.1, 0.15) is 29.4 Å². The first-order valence-corrected chi connectivity index (χ1v) is 9.48. The van der Waals surface area contributed by atoms with Gasteiger partial charge in [0.2, 0.25) is 0 Å².